The molecule has 130 valence electrons. The average Bonchev–Trinajstić information content (AvgIpc) is 3.31. The molecule has 9 nitrogen and oxygen atoms in total. The Morgan fingerprint density at radius 3 is 2.62 bits per heavy atom. The van der Waals surface area contributed by atoms with Crippen LogP contribution in [-0.4, -0.2) is 26.1 Å². The SMILES string of the molecule is O=C(NNC(=O)c1cc2c(nc3sccn32)s1)c1ccc([N+](=O)[O-])cc1. The largest absolute Gasteiger partial charge is 0.289 e. The van der Waals surface area contributed by atoms with E-state index in [9.17, 15) is 19.7 Å². The van der Waals surface area contributed by atoms with E-state index < -0.39 is 16.7 Å². The average molecular weight is 387 g/mol. The van der Waals surface area contributed by atoms with E-state index in [1.807, 2.05) is 16.0 Å². The number of nitrogens with zero attached hydrogens (tertiary/aromatic N) is 3. The van der Waals surface area contributed by atoms with Gasteiger partial charge in [0.2, 0.25) is 0 Å². The minimum absolute atomic E-state index is 0.118. The molecular weight excluding hydrogens is 378 g/mol. The van der Waals surface area contributed by atoms with Crippen molar-refractivity contribution in [3.63, 3.8) is 0 Å². The molecule has 2 N–H and O–H groups in total. The molecule has 0 aliphatic rings. The molecule has 11 heteroatoms. The number of imidazole rings is 1. The van der Waals surface area contributed by atoms with Crippen molar-refractivity contribution in [3.8, 4) is 0 Å². The smallest absolute Gasteiger partial charge is 0.279 e. The fourth-order valence-corrected chi connectivity index (χ4v) is 4.04. The molecule has 1 aromatic carbocycles. The summed E-state index contributed by atoms with van der Waals surface area (Å²) < 4.78 is 1.89. The first-order chi connectivity index (χ1) is 12.5. The minimum atomic E-state index is -0.573. The molecule has 0 saturated carbocycles. The first kappa shape index (κ1) is 16.2. The summed E-state index contributed by atoms with van der Waals surface area (Å²) in [5.41, 5.74) is 5.53. The van der Waals surface area contributed by atoms with E-state index in [2.05, 4.69) is 15.8 Å². The number of non-ortho nitro benzene ring substituents is 1. The number of nitrogens with one attached hydrogen (secondary N) is 2. The molecular formula is C15H9N5O4S2. The van der Waals surface area contributed by atoms with Crippen LogP contribution >= 0.6 is 22.7 Å². The van der Waals surface area contributed by atoms with Gasteiger partial charge in [0.1, 0.15) is 4.83 Å². The molecule has 26 heavy (non-hydrogen) atoms. The fourth-order valence-electron chi connectivity index (χ4n) is 2.34. The van der Waals surface area contributed by atoms with Crippen LogP contribution in [0.5, 0.6) is 0 Å². The van der Waals surface area contributed by atoms with Gasteiger partial charge in [0.25, 0.3) is 17.5 Å². The molecule has 0 spiro atoms. The number of thiazole rings is 1. The highest BCUT2D eigenvalue weighted by molar-refractivity contribution is 7.21. The molecule has 0 saturated heterocycles. The zero-order chi connectivity index (χ0) is 18.3. The van der Waals surface area contributed by atoms with Gasteiger partial charge >= 0.3 is 0 Å². The summed E-state index contributed by atoms with van der Waals surface area (Å²) in [5, 5.41) is 12.5. The summed E-state index contributed by atoms with van der Waals surface area (Å²) in [6.07, 6.45) is 1.88. The van der Waals surface area contributed by atoms with Crippen molar-refractivity contribution in [1.29, 1.82) is 0 Å². The number of nitro groups is 1. The van der Waals surface area contributed by atoms with E-state index in [1.54, 1.807) is 6.07 Å². The molecule has 0 aliphatic carbocycles. The summed E-state index contributed by atoms with van der Waals surface area (Å²) >= 11 is 2.73. The van der Waals surface area contributed by atoms with Gasteiger partial charge in [0.15, 0.2) is 4.96 Å². The minimum Gasteiger partial charge on any atom is -0.289 e. The normalized spacial score (nSPS) is 10.9. The van der Waals surface area contributed by atoms with Crippen LogP contribution in [0.2, 0.25) is 0 Å². The van der Waals surface area contributed by atoms with Crippen molar-refractivity contribution >= 4 is 55.5 Å². The Morgan fingerprint density at radius 2 is 1.88 bits per heavy atom. The number of benzene rings is 1. The van der Waals surface area contributed by atoms with Crippen LogP contribution in [0.4, 0.5) is 5.69 Å². The molecule has 0 aliphatic heterocycles. The van der Waals surface area contributed by atoms with Crippen LogP contribution in [0.3, 0.4) is 0 Å². The van der Waals surface area contributed by atoms with Gasteiger partial charge in [-0.05, 0) is 18.2 Å². The lowest BCUT2D eigenvalue weighted by Gasteiger charge is -2.06. The topological polar surface area (TPSA) is 119 Å². The van der Waals surface area contributed by atoms with Gasteiger partial charge in [0.05, 0.1) is 15.3 Å². The van der Waals surface area contributed by atoms with Crippen molar-refractivity contribution in [3.05, 3.63) is 62.5 Å². The maximum absolute atomic E-state index is 12.2. The van der Waals surface area contributed by atoms with Crippen molar-refractivity contribution < 1.29 is 14.5 Å². The third kappa shape index (κ3) is 2.78. The summed E-state index contributed by atoms with van der Waals surface area (Å²) in [4.78, 5) is 40.7. The van der Waals surface area contributed by atoms with Gasteiger partial charge in [-0.25, -0.2) is 4.98 Å². The van der Waals surface area contributed by atoms with Crippen molar-refractivity contribution in [1.82, 2.24) is 20.2 Å². The van der Waals surface area contributed by atoms with Crippen LogP contribution in [0.15, 0.2) is 41.9 Å². The van der Waals surface area contributed by atoms with E-state index in [1.165, 1.54) is 46.9 Å². The number of hydrogen-bond donors (Lipinski definition) is 2. The number of aromatic nitrogens is 2. The number of amides is 2. The van der Waals surface area contributed by atoms with Crippen LogP contribution < -0.4 is 10.9 Å². The van der Waals surface area contributed by atoms with Gasteiger partial charge in [0, 0.05) is 29.3 Å². The maximum atomic E-state index is 12.2. The Morgan fingerprint density at radius 1 is 1.15 bits per heavy atom. The zero-order valence-electron chi connectivity index (χ0n) is 12.8. The predicted molar refractivity (Wildman–Crippen MR) is 96.5 cm³/mol. The number of carbonyl (C=O) groups excluding carboxylic acids is 2. The number of hydrogen-bond acceptors (Lipinski definition) is 7. The Balaban J connectivity index is 1.45. The highest BCUT2D eigenvalue weighted by Crippen LogP contribution is 2.28. The third-order valence-corrected chi connectivity index (χ3v) is 5.37. The Labute approximate surface area is 153 Å². The van der Waals surface area contributed by atoms with E-state index in [4.69, 9.17) is 0 Å². The van der Waals surface area contributed by atoms with Crippen LogP contribution in [0, 0.1) is 10.1 Å². The monoisotopic (exact) mass is 387 g/mol. The molecule has 0 bridgehead atoms. The predicted octanol–water partition coefficient (Wildman–Crippen LogP) is 2.59. The molecule has 0 atom stereocenters. The lowest BCUT2D eigenvalue weighted by Crippen LogP contribution is -2.41. The number of thiophene rings is 1. The summed E-state index contributed by atoms with van der Waals surface area (Å²) in [6.45, 7) is 0. The van der Waals surface area contributed by atoms with Crippen LogP contribution in [0.25, 0.3) is 15.3 Å². The van der Waals surface area contributed by atoms with E-state index in [0.29, 0.717) is 4.88 Å². The Bertz CT molecular complexity index is 1160. The van der Waals surface area contributed by atoms with Gasteiger partial charge in [-0.15, -0.1) is 22.7 Å². The molecule has 4 rings (SSSR count). The Hall–Kier alpha value is -3.31. The molecule has 0 unspecified atom stereocenters. The van der Waals surface area contributed by atoms with Gasteiger partial charge in [-0.1, -0.05) is 0 Å². The Kier molecular flexibility index (Phi) is 3.86. The molecule has 4 aromatic rings. The highest BCUT2D eigenvalue weighted by atomic mass is 32.1. The molecule has 0 radical (unpaired) electrons. The standard InChI is InChI=1S/C15H9N5O4S2/c21-12(8-1-3-9(4-2-8)20(23)24)17-18-13(22)11-7-10-14(26-11)16-15-19(10)5-6-25-15/h1-7H,(H,17,21)(H,18,22). The lowest BCUT2D eigenvalue weighted by molar-refractivity contribution is -0.384. The van der Waals surface area contributed by atoms with Crippen molar-refractivity contribution in [2.75, 3.05) is 0 Å². The first-order valence-electron chi connectivity index (χ1n) is 7.23. The number of nitro benzene ring substituents is 1. The third-order valence-electron chi connectivity index (χ3n) is 3.59. The molecule has 2 amide bonds. The van der Waals surface area contributed by atoms with Gasteiger partial charge in [-0.3, -0.25) is 35.0 Å². The second kappa shape index (κ2) is 6.20. The maximum Gasteiger partial charge on any atom is 0.279 e. The summed E-state index contributed by atoms with van der Waals surface area (Å²) in [6, 6.07) is 6.77. The van der Waals surface area contributed by atoms with E-state index in [-0.39, 0.29) is 11.3 Å². The van der Waals surface area contributed by atoms with Crippen molar-refractivity contribution in [2.45, 2.75) is 0 Å². The summed E-state index contributed by atoms with van der Waals surface area (Å²) in [7, 11) is 0. The first-order valence-corrected chi connectivity index (χ1v) is 8.93. The number of hydrazine groups is 1. The lowest BCUT2D eigenvalue weighted by atomic mass is 10.2. The fraction of sp³-hybridized carbons (Fsp3) is 0. The summed E-state index contributed by atoms with van der Waals surface area (Å²) in [5.74, 6) is -1.04. The van der Waals surface area contributed by atoms with E-state index >= 15 is 0 Å². The van der Waals surface area contributed by atoms with Crippen LogP contribution in [0.1, 0.15) is 20.0 Å². The second-order valence-electron chi connectivity index (χ2n) is 5.18. The number of rotatable bonds is 3. The highest BCUT2D eigenvalue weighted by Gasteiger charge is 2.16. The van der Waals surface area contributed by atoms with Crippen LogP contribution in [-0.2, 0) is 0 Å². The molecule has 3 aromatic heterocycles. The quantitative estimate of drug-likeness (QED) is 0.414. The number of carbonyl (C=O) groups is 2. The molecule has 3 heterocycles. The molecule has 0 fully saturated rings. The second-order valence-corrected chi connectivity index (χ2v) is 7.08. The number of fused-ring (bicyclic) bond motifs is 3. The zero-order valence-corrected chi connectivity index (χ0v) is 14.5. The van der Waals surface area contributed by atoms with E-state index in [0.717, 1.165) is 15.3 Å². The van der Waals surface area contributed by atoms with Crippen molar-refractivity contribution in [2.24, 2.45) is 0 Å². The van der Waals surface area contributed by atoms with Gasteiger partial charge in [-0.2, -0.15) is 0 Å². The van der Waals surface area contributed by atoms with Gasteiger partial charge < -0.3 is 0 Å².